The lowest BCUT2D eigenvalue weighted by molar-refractivity contribution is -0.127. The van der Waals surface area contributed by atoms with E-state index in [9.17, 15) is 18.8 Å². The number of carbonyl (C=O) groups excluding carboxylic acids is 3. The second kappa shape index (κ2) is 11.4. The van der Waals surface area contributed by atoms with Gasteiger partial charge < -0.3 is 10.1 Å². The van der Waals surface area contributed by atoms with Crippen LogP contribution >= 0.6 is 50.3 Å². The van der Waals surface area contributed by atoms with Crippen LogP contribution in [0, 0.1) is 9.39 Å². The van der Waals surface area contributed by atoms with Gasteiger partial charge in [0, 0.05) is 13.6 Å². The standard InChI is InChI=1S/C25H17BrFIN2O4S/c26-17-7-10-21(34-14-15-5-8-18(28)9-6-15)16(11-17)12-22-24(32)30(25(33)35-22)13-23(31)29-20-4-2-1-3-19(20)27/h1-12H,13-14H2,(H,29,31)/b22-12-. The summed E-state index contributed by atoms with van der Waals surface area (Å²) in [6.07, 6.45) is 1.56. The Hall–Kier alpha value is -2.70. The number of ether oxygens (including phenoxy) is 1. The van der Waals surface area contributed by atoms with Crippen molar-refractivity contribution in [1.29, 1.82) is 0 Å². The third-order valence-corrected chi connectivity index (χ3v) is 7.01. The Balaban J connectivity index is 1.48. The molecule has 1 aliphatic rings. The molecule has 1 fully saturated rings. The topological polar surface area (TPSA) is 75.7 Å². The van der Waals surface area contributed by atoms with E-state index in [1.54, 1.807) is 24.3 Å². The maximum Gasteiger partial charge on any atom is 0.294 e. The van der Waals surface area contributed by atoms with Crippen LogP contribution in [-0.2, 0) is 16.2 Å². The molecule has 0 radical (unpaired) electrons. The molecule has 35 heavy (non-hydrogen) atoms. The molecule has 6 nitrogen and oxygen atoms in total. The Kier molecular flexibility index (Phi) is 8.24. The van der Waals surface area contributed by atoms with Gasteiger partial charge in [-0.25, -0.2) is 4.39 Å². The molecule has 1 heterocycles. The Morgan fingerprint density at radius 2 is 1.86 bits per heavy atom. The fourth-order valence-corrected chi connectivity index (χ4v) is 4.75. The molecule has 0 unspecified atom stereocenters. The fraction of sp³-hybridized carbons (Fsp3) is 0.0800. The van der Waals surface area contributed by atoms with Crippen molar-refractivity contribution < 1.29 is 23.5 Å². The molecule has 10 heteroatoms. The quantitative estimate of drug-likeness (QED) is 0.232. The number of hydrogen-bond acceptors (Lipinski definition) is 5. The summed E-state index contributed by atoms with van der Waals surface area (Å²) in [5, 5.41) is 1.80. The number of carbonyl (C=O) groups is 3. The molecule has 0 aliphatic carbocycles. The van der Waals surface area contributed by atoms with Crippen molar-refractivity contribution in [3.8, 4) is 5.75 Å². The predicted octanol–water partition coefficient (Wildman–Crippen LogP) is 6.45. The molecule has 0 bridgehead atoms. The summed E-state index contributed by atoms with van der Waals surface area (Å²) < 4.78 is 21.7. The van der Waals surface area contributed by atoms with Crippen LogP contribution in [0.15, 0.2) is 76.1 Å². The maximum absolute atomic E-state index is 13.8. The SMILES string of the molecule is O=C(CN1C(=O)S/C(=C\c2cc(Br)ccc2OCc2ccc(I)cc2)C1=O)Nc1ccccc1F. The van der Waals surface area contributed by atoms with E-state index < -0.39 is 29.4 Å². The normalized spacial score (nSPS) is 14.5. The number of hydrogen-bond donors (Lipinski definition) is 1. The predicted molar refractivity (Wildman–Crippen MR) is 145 cm³/mol. The zero-order valence-electron chi connectivity index (χ0n) is 18.0. The van der Waals surface area contributed by atoms with E-state index in [1.807, 2.05) is 30.3 Å². The molecule has 1 N–H and O–H groups in total. The number of thioether (sulfide) groups is 1. The van der Waals surface area contributed by atoms with Crippen LogP contribution in [0.4, 0.5) is 14.9 Å². The summed E-state index contributed by atoms with van der Waals surface area (Å²) in [4.78, 5) is 38.7. The summed E-state index contributed by atoms with van der Waals surface area (Å²) in [5.41, 5.74) is 1.57. The van der Waals surface area contributed by atoms with Gasteiger partial charge in [-0.1, -0.05) is 40.2 Å². The Bertz CT molecular complexity index is 1330. The average Bonchev–Trinajstić information content (AvgIpc) is 3.08. The largest absolute Gasteiger partial charge is 0.488 e. The number of imide groups is 1. The van der Waals surface area contributed by atoms with Gasteiger partial charge in [0.05, 0.1) is 10.6 Å². The van der Waals surface area contributed by atoms with E-state index in [1.165, 1.54) is 18.2 Å². The van der Waals surface area contributed by atoms with Gasteiger partial charge in [-0.2, -0.15) is 0 Å². The zero-order chi connectivity index (χ0) is 24.9. The second-order valence-corrected chi connectivity index (χ2v) is 10.5. The van der Waals surface area contributed by atoms with Crippen molar-refractivity contribution in [3.05, 3.63) is 96.6 Å². The number of nitrogens with one attached hydrogen (secondary N) is 1. The van der Waals surface area contributed by atoms with Gasteiger partial charge in [-0.15, -0.1) is 0 Å². The van der Waals surface area contributed by atoms with E-state index >= 15 is 0 Å². The number of para-hydroxylation sites is 1. The van der Waals surface area contributed by atoms with Gasteiger partial charge >= 0.3 is 0 Å². The molecule has 4 rings (SSSR count). The number of anilines is 1. The van der Waals surface area contributed by atoms with Crippen LogP contribution in [0.2, 0.25) is 0 Å². The Morgan fingerprint density at radius 1 is 1.11 bits per heavy atom. The highest BCUT2D eigenvalue weighted by atomic mass is 127. The lowest BCUT2D eigenvalue weighted by Gasteiger charge is -2.13. The molecular formula is C25H17BrFIN2O4S. The first-order valence-corrected chi connectivity index (χ1v) is 13.0. The van der Waals surface area contributed by atoms with Gasteiger partial charge in [0.15, 0.2) is 0 Å². The first kappa shape index (κ1) is 25.4. The van der Waals surface area contributed by atoms with E-state index in [4.69, 9.17) is 4.74 Å². The van der Waals surface area contributed by atoms with E-state index in [-0.39, 0.29) is 10.6 Å². The smallest absolute Gasteiger partial charge is 0.294 e. The monoisotopic (exact) mass is 666 g/mol. The van der Waals surface area contributed by atoms with Crippen LogP contribution < -0.4 is 10.1 Å². The molecule has 178 valence electrons. The number of benzene rings is 3. The van der Waals surface area contributed by atoms with E-state index in [2.05, 4.69) is 43.8 Å². The Morgan fingerprint density at radius 3 is 2.60 bits per heavy atom. The fourth-order valence-electron chi connectivity index (χ4n) is 3.18. The molecule has 3 aromatic carbocycles. The minimum Gasteiger partial charge on any atom is -0.488 e. The molecule has 0 spiro atoms. The number of rotatable bonds is 7. The van der Waals surface area contributed by atoms with Crippen LogP contribution in [0.25, 0.3) is 6.08 Å². The van der Waals surface area contributed by atoms with Gasteiger partial charge in [-0.05, 0) is 88.5 Å². The minimum absolute atomic E-state index is 0.0240. The van der Waals surface area contributed by atoms with Crippen LogP contribution in [0.1, 0.15) is 11.1 Å². The van der Waals surface area contributed by atoms with Crippen LogP contribution in [-0.4, -0.2) is 28.5 Å². The number of amides is 3. The van der Waals surface area contributed by atoms with Gasteiger partial charge in [-0.3, -0.25) is 19.3 Å². The van der Waals surface area contributed by atoms with Gasteiger partial charge in [0.2, 0.25) is 5.91 Å². The summed E-state index contributed by atoms with van der Waals surface area (Å²) in [7, 11) is 0. The molecule has 1 saturated heterocycles. The van der Waals surface area contributed by atoms with Crippen molar-refractivity contribution in [1.82, 2.24) is 4.90 Å². The first-order valence-electron chi connectivity index (χ1n) is 10.3. The van der Waals surface area contributed by atoms with Crippen molar-refractivity contribution >= 4 is 79.1 Å². The molecule has 3 amide bonds. The second-order valence-electron chi connectivity index (χ2n) is 7.39. The zero-order valence-corrected chi connectivity index (χ0v) is 22.5. The van der Waals surface area contributed by atoms with Crippen LogP contribution in [0.3, 0.4) is 0 Å². The molecular weight excluding hydrogens is 650 g/mol. The van der Waals surface area contributed by atoms with Gasteiger partial charge in [0.25, 0.3) is 11.1 Å². The third kappa shape index (κ3) is 6.50. The maximum atomic E-state index is 13.8. The number of halogens is 3. The summed E-state index contributed by atoms with van der Waals surface area (Å²) in [6, 6.07) is 18.9. The highest BCUT2D eigenvalue weighted by Gasteiger charge is 2.36. The van der Waals surface area contributed by atoms with Crippen molar-refractivity contribution in [2.45, 2.75) is 6.61 Å². The molecule has 0 saturated carbocycles. The minimum atomic E-state index is -0.678. The Labute approximate surface area is 227 Å². The highest BCUT2D eigenvalue weighted by molar-refractivity contribution is 14.1. The van der Waals surface area contributed by atoms with E-state index in [0.717, 1.165) is 30.3 Å². The lowest BCUT2D eigenvalue weighted by atomic mass is 10.1. The van der Waals surface area contributed by atoms with Gasteiger partial charge in [0.1, 0.15) is 24.7 Å². The van der Waals surface area contributed by atoms with E-state index in [0.29, 0.717) is 17.9 Å². The van der Waals surface area contributed by atoms with Crippen molar-refractivity contribution in [3.63, 3.8) is 0 Å². The lowest BCUT2D eigenvalue weighted by Crippen LogP contribution is -2.36. The molecule has 0 atom stereocenters. The number of nitrogens with zero attached hydrogens (tertiary/aromatic N) is 1. The van der Waals surface area contributed by atoms with Crippen molar-refractivity contribution in [2.24, 2.45) is 0 Å². The molecule has 1 aliphatic heterocycles. The average molecular weight is 667 g/mol. The first-order chi connectivity index (χ1) is 16.8. The molecule has 0 aromatic heterocycles. The third-order valence-electron chi connectivity index (χ3n) is 4.89. The summed E-state index contributed by atoms with van der Waals surface area (Å²) >= 11 is 6.38. The summed E-state index contributed by atoms with van der Waals surface area (Å²) in [5.74, 6) is -1.35. The molecule has 3 aromatic rings. The van der Waals surface area contributed by atoms with Crippen LogP contribution in [0.5, 0.6) is 5.75 Å². The van der Waals surface area contributed by atoms with Crippen molar-refractivity contribution in [2.75, 3.05) is 11.9 Å². The summed E-state index contributed by atoms with van der Waals surface area (Å²) in [6.45, 7) is -0.192. The highest BCUT2D eigenvalue weighted by Crippen LogP contribution is 2.35.